The van der Waals surface area contributed by atoms with Crippen LogP contribution in [0.5, 0.6) is 11.5 Å². The molecule has 6 aromatic rings. The number of fused-ring (bicyclic) bond motifs is 3. The molecule has 3 nitrogen and oxygen atoms in total. The van der Waals surface area contributed by atoms with E-state index in [1.165, 1.54) is 26.9 Å². The molecule has 0 radical (unpaired) electrons. The first-order valence-electron chi connectivity index (χ1n) is 16.5. The Hall–Kier alpha value is -4.08. The van der Waals surface area contributed by atoms with E-state index in [-0.39, 0.29) is 11.5 Å². The maximum atomic E-state index is 14.2. The Morgan fingerprint density at radius 1 is 0.667 bits per heavy atom. The van der Waals surface area contributed by atoms with E-state index in [9.17, 15) is 4.21 Å². The van der Waals surface area contributed by atoms with Gasteiger partial charge in [0, 0.05) is 34.5 Å². The van der Waals surface area contributed by atoms with Crippen molar-refractivity contribution in [2.75, 3.05) is 7.05 Å². The van der Waals surface area contributed by atoms with E-state index in [4.69, 9.17) is 4.74 Å². The SMILES string of the molecule is CN([C@@H](c1ccc2ccccc2c1)c1cccc2c1Oc1c(P(c3ccccc3)c3ccccc3)cccc1C2(C)C)S(=O)C(C)(C)C. The predicted molar refractivity (Wildman–Crippen MR) is 205 cm³/mol. The third kappa shape index (κ3) is 5.81. The minimum absolute atomic E-state index is 0.307. The highest BCUT2D eigenvalue weighted by molar-refractivity contribution is 7.84. The molecule has 2 atom stereocenters. The van der Waals surface area contributed by atoms with Gasteiger partial charge in [-0.2, -0.15) is 0 Å². The molecule has 0 bridgehead atoms. The molecule has 0 aliphatic carbocycles. The summed E-state index contributed by atoms with van der Waals surface area (Å²) in [4.78, 5) is 0. The van der Waals surface area contributed by atoms with Gasteiger partial charge in [0.2, 0.25) is 0 Å². The van der Waals surface area contributed by atoms with Crippen LogP contribution >= 0.6 is 7.92 Å². The van der Waals surface area contributed by atoms with Crippen molar-refractivity contribution in [1.82, 2.24) is 4.31 Å². The number of hydrogen-bond acceptors (Lipinski definition) is 2. The van der Waals surface area contributed by atoms with Gasteiger partial charge >= 0.3 is 0 Å². The summed E-state index contributed by atoms with van der Waals surface area (Å²) in [6.07, 6.45) is 0. The second-order valence-electron chi connectivity index (χ2n) is 14.0. The molecule has 1 aliphatic rings. The van der Waals surface area contributed by atoms with E-state index in [1.807, 2.05) is 32.1 Å². The molecule has 1 aliphatic heterocycles. The van der Waals surface area contributed by atoms with Crippen LogP contribution in [-0.4, -0.2) is 20.3 Å². The second-order valence-corrected chi connectivity index (χ2v) is 18.5. The molecular formula is C43H42NO2PS. The number of nitrogens with zero attached hydrogens (tertiary/aromatic N) is 1. The van der Waals surface area contributed by atoms with E-state index >= 15 is 0 Å². The lowest BCUT2D eigenvalue weighted by Gasteiger charge is -2.40. The molecule has 0 N–H and O–H groups in total. The maximum Gasteiger partial charge on any atom is 0.139 e. The van der Waals surface area contributed by atoms with Crippen molar-refractivity contribution in [3.63, 3.8) is 0 Å². The highest BCUT2D eigenvalue weighted by atomic mass is 32.2. The van der Waals surface area contributed by atoms with E-state index in [0.29, 0.717) is 0 Å². The van der Waals surface area contributed by atoms with E-state index in [1.54, 1.807) is 0 Å². The van der Waals surface area contributed by atoms with Gasteiger partial charge in [-0.15, -0.1) is 0 Å². The van der Waals surface area contributed by atoms with Gasteiger partial charge in [-0.3, -0.25) is 0 Å². The Bertz CT molecular complexity index is 2080. The zero-order valence-corrected chi connectivity index (χ0v) is 30.2. The van der Waals surface area contributed by atoms with Crippen LogP contribution in [0.3, 0.4) is 0 Å². The summed E-state index contributed by atoms with van der Waals surface area (Å²) in [5.74, 6) is 1.78. The van der Waals surface area contributed by atoms with Crippen molar-refractivity contribution in [2.45, 2.75) is 50.8 Å². The van der Waals surface area contributed by atoms with Crippen LogP contribution < -0.4 is 20.7 Å². The first-order valence-corrected chi connectivity index (χ1v) is 19.0. The van der Waals surface area contributed by atoms with Gasteiger partial charge in [-0.25, -0.2) is 8.51 Å². The molecule has 5 heteroatoms. The fourth-order valence-corrected chi connectivity index (χ4v) is 10.7. The zero-order valence-electron chi connectivity index (χ0n) is 28.5. The summed E-state index contributed by atoms with van der Waals surface area (Å²) in [5.41, 5.74) is 4.07. The molecule has 1 heterocycles. The van der Waals surface area contributed by atoms with Crippen molar-refractivity contribution in [3.05, 3.63) is 162 Å². The summed E-state index contributed by atoms with van der Waals surface area (Å²) in [5, 5.41) is 6.09. The third-order valence-electron chi connectivity index (χ3n) is 9.39. The lowest BCUT2D eigenvalue weighted by atomic mass is 9.74. The normalized spacial score (nSPS) is 15.1. The Kier molecular flexibility index (Phi) is 8.62. The molecule has 0 saturated carbocycles. The van der Waals surface area contributed by atoms with Crippen molar-refractivity contribution < 1.29 is 8.95 Å². The summed E-state index contributed by atoms with van der Waals surface area (Å²) in [6, 6.07) is 49.5. The quantitative estimate of drug-likeness (QED) is 0.159. The number of rotatable bonds is 7. The van der Waals surface area contributed by atoms with Gasteiger partial charge in [-0.05, 0) is 61.7 Å². The van der Waals surface area contributed by atoms with Crippen LogP contribution in [0.15, 0.2) is 140 Å². The van der Waals surface area contributed by atoms with Gasteiger partial charge in [0.15, 0.2) is 0 Å². The molecule has 242 valence electrons. The Balaban J connectivity index is 1.45. The Morgan fingerprint density at radius 3 is 1.85 bits per heavy atom. The van der Waals surface area contributed by atoms with Crippen LogP contribution in [-0.2, 0) is 16.4 Å². The van der Waals surface area contributed by atoms with Crippen molar-refractivity contribution in [3.8, 4) is 11.5 Å². The molecule has 7 rings (SSSR count). The average Bonchev–Trinajstić information content (AvgIpc) is 3.09. The molecule has 0 aromatic heterocycles. The first kappa shape index (κ1) is 32.5. The first-order chi connectivity index (χ1) is 23.1. The zero-order chi connectivity index (χ0) is 33.6. The van der Waals surface area contributed by atoms with Crippen LogP contribution in [0.4, 0.5) is 0 Å². The van der Waals surface area contributed by atoms with E-state index in [0.717, 1.165) is 33.6 Å². The monoisotopic (exact) mass is 667 g/mol. The van der Waals surface area contributed by atoms with Crippen LogP contribution in [0.25, 0.3) is 10.8 Å². The molecule has 6 aromatic carbocycles. The molecule has 48 heavy (non-hydrogen) atoms. The Morgan fingerprint density at radius 2 is 1.23 bits per heavy atom. The van der Waals surface area contributed by atoms with Crippen LogP contribution in [0.1, 0.15) is 62.9 Å². The number of hydrogen-bond donors (Lipinski definition) is 0. The molecule has 1 unspecified atom stereocenters. The van der Waals surface area contributed by atoms with Gasteiger partial charge < -0.3 is 4.74 Å². The summed E-state index contributed by atoms with van der Waals surface area (Å²) in [6.45, 7) is 10.7. The van der Waals surface area contributed by atoms with Gasteiger partial charge in [0.1, 0.15) is 22.5 Å². The summed E-state index contributed by atoms with van der Waals surface area (Å²) in [7, 11) is -0.211. The van der Waals surface area contributed by atoms with E-state index < -0.39 is 23.7 Å². The van der Waals surface area contributed by atoms with Crippen molar-refractivity contribution in [1.29, 1.82) is 0 Å². The standard InChI is InChI=1S/C43H42NO2PS/c1-42(2,3)48(45)44(6)39(32-28-27-30-17-13-14-18-31(30)29-32)35-23-15-24-36-40(35)46-41-37(43(36,4)5)25-16-26-38(41)47(33-19-9-7-10-20-33)34-21-11-8-12-22-34/h7-29,39H,1-6H3/t39-,48?/m0/s1. The summed E-state index contributed by atoms with van der Waals surface area (Å²) >= 11 is 0. The fourth-order valence-electron chi connectivity index (χ4n) is 7.00. The van der Waals surface area contributed by atoms with E-state index in [2.05, 4.69) is 153 Å². The fraction of sp³-hybridized carbons (Fsp3) is 0.209. The minimum Gasteiger partial charge on any atom is -0.456 e. The highest BCUT2D eigenvalue weighted by Gasteiger charge is 2.40. The average molecular weight is 668 g/mol. The molecule has 0 spiro atoms. The molecule has 0 fully saturated rings. The van der Waals surface area contributed by atoms with Crippen LogP contribution in [0.2, 0.25) is 0 Å². The second kappa shape index (κ2) is 12.7. The van der Waals surface area contributed by atoms with Crippen molar-refractivity contribution in [2.24, 2.45) is 0 Å². The topological polar surface area (TPSA) is 29.5 Å². The van der Waals surface area contributed by atoms with Crippen LogP contribution in [0, 0.1) is 0 Å². The summed E-state index contributed by atoms with van der Waals surface area (Å²) < 4.78 is 23.0. The van der Waals surface area contributed by atoms with Crippen molar-refractivity contribution >= 4 is 45.6 Å². The molecule has 0 amide bonds. The maximum absolute atomic E-state index is 14.2. The molecular weight excluding hydrogens is 626 g/mol. The number of ether oxygens (including phenoxy) is 1. The highest BCUT2D eigenvalue weighted by Crippen LogP contribution is 2.53. The molecule has 0 saturated heterocycles. The third-order valence-corrected chi connectivity index (χ3v) is 13.6. The lowest BCUT2D eigenvalue weighted by Crippen LogP contribution is -2.38. The number of benzene rings is 6. The van der Waals surface area contributed by atoms with Gasteiger partial charge in [0.25, 0.3) is 0 Å². The largest absolute Gasteiger partial charge is 0.456 e. The predicted octanol–water partition coefficient (Wildman–Crippen LogP) is 9.51. The Labute approximate surface area is 289 Å². The minimum atomic E-state index is -1.29. The smallest absolute Gasteiger partial charge is 0.139 e. The number of para-hydroxylation sites is 2. The van der Waals surface area contributed by atoms with Gasteiger partial charge in [-0.1, -0.05) is 147 Å². The lowest BCUT2D eigenvalue weighted by molar-refractivity contribution is 0.390. The van der Waals surface area contributed by atoms with Gasteiger partial charge in [0.05, 0.1) is 10.8 Å².